The second kappa shape index (κ2) is 6.60. The fourth-order valence-electron chi connectivity index (χ4n) is 2.84. The Kier molecular flexibility index (Phi) is 4.53. The summed E-state index contributed by atoms with van der Waals surface area (Å²) < 4.78 is 21.7. The predicted octanol–water partition coefficient (Wildman–Crippen LogP) is 1.49. The van der Waals surface area contributed by atoms with Crippen LogP contribution in [0, 0.1) is 0 Å². The van der Waals surface area contributed by atoms with E-state index in [1.54, 1.807) is 26.0 Å². The maximum absolute atomic E-state index is 12.4. The van der Waals surface area contributed by atoms with E-state index in [9.17, 15) is 14.4 Å². The van der Waals surface area contributed by atoms with Crippen molar-refractivity contribution in [3.05, 3.63) is 35.4 Å². The van der Waals surface area contributed by atoms with Gasteiger partial charge in [0.1, 0.15) is 12.7 Å². The lowest BCUT2D eigenvalue weighted by atomic mass is 10.0. The van der Waals surface area contributed by atoms with Crippen LogP contribution in [0.1, 0.15) is 41.0 Å². The molecule has 24 heavy (non-hydrogen) atoms. The van der Waals surface area contributed by atoms with E-state index in [1.165, 1.54) is 12.1 Å². The zero-order valence-corrected chi connectivity index (χ0v) is 13.4. The molecule has 2 heterocycles. The van der Waals surface area contributed by atoms with Gasteiger partial charge in [-0.3, -0.25) is 4.79 Å². The highest BCUT2D eigenvalue weighted by atomic mass is 16.7. The number of esters is 3. The molecule has 1 fully saturated rings. The van der Waals surface area contributed by atoms with Crippen LogP contribution in [0.5, 0.6) is 0 Å². The summed E-state index contributed by atoms with van der Waals surface area (Å²) in [5.74, 6) is -1.60. The number of carbonyl (C=O) groups excluding carboxylic acids is 3. The fraction of sp³-hybridized carbons (Fsp3) is 0.471. The zero-order chi connectivity index (χ0) is 17.3. The SMILES string of the molecule is CCC(=O)OC[C@H]1O[C@@H](C)[C@@H]2OC(=O)c3ccccc3C(=O)O[C@@H]21. The molecule has 2 aliphatic rings. The Balaban J connectivity index is 1.85. The molecule has 1 saturated heterocycles. The third kappa shape index (κ3) is 2.99. The Labute approximate surface area is 138 Å². The highest BCUT2D eigenvalue weighted by Crippen LogP contribution is 2.31. The molecule has 7 nitrogen and oxygen atoms in total. The number of ether oxygens (including phenoxy) is 4. The van der Waals surface area contributed by atoms with Crippen LogP contribution < -0.4 is 0 Å². The molecule has 7 heteroatoms. The fourth-order valence-corrected chi connectivity index (χ4v) is 2.84. The predicted molar refractivity (Wildman–Crippen MR) is 80.4 cm³/mol. The van der Waals surface area contributed by atoms with Crippen LogP contribution in [0.4, 0.5) is 0 Å². The van der Waals surface area contributed by atoms with E-state index in [-0.39, 0.29) is 30.1 Å². The summed E-state index contributed by atoms with van der Waals surface area (Å²) >= 11 is 0. The van der Waals surface area contributed by atoms with E-state index in [1.807, 2.05) is 0 Å². The van der Waals surface area contributed by atoms with E-state index in [2.05, 4.69) is 0 Å². The van der Waals surface area contributed by atoms with Crippen LogP contribution >= 0.6 is 0 Å². The molecule has 0 amide bonds. The number of hydrogen-bond donors (Lipinski definition) is 0. The van der Waals surface area contributed by atoms with Crippen molar-refractivity contribution >= 4 is 17.9 Å². The summed E-state index contributed by atoms with van der Waals surface area (Å²) in [4.78, 5) is 36.1. The monoisotopic (exact) mass is 334 g/mol. The maximum Gasteiger partial charge on any atom is 0.339 e. The molecule has 0 spiro atoms. The number of benzene rings is 1. The Morgan fingerprint density at radius 1 is 1.08 bits per heavy atom. The van der Waals surface area contributed by atoms with Crippen LogP contribution in [0.3, 0.4) is 0 Å². The van der Waals surface area contributed by atoms with Gasteiger partial charge in [-0.2, -0.15) is 0 Å². The lowest BCUT2D eigenvalue weighted by Crippen LogP contribution is -2.43. The molecule has 1 aromatic rings. The smallest absolute Gasteiger partial charge is 0.339 e. The van der Waals surface area contributed by atoms with Gasteiger partial charge in [-0.05, 0) is 19.1 Å². The zero-order valence-electron chi connectivity index (χ0n) is 13.4. The van der Waals surface area contributed by atoms with Crippen molar-refractivity contribution in [1.29, 1.82) is 0 Å². The molecule has 0 aliphatic carbocycles. The molecule has 2 aliphatic heterocycles. The van der Waals surface area contributed by atoms with Crippen molar-refractivity contribution in [2.45, 2.75) is 44.7 Å². The average molecular weight is 334 g/mol. The largest absolute Gasteiger partial charge is 0.463 e. The van der Waals surface area contributed by atoms with E-state index in [0.717, 1.165) is 0 Å². The van der Waals surface area contributed by atoms with Crippen LogP contribution in [0.15, 0.2) is 24.3 Å². The van der Waals surface area contributed by atoms with Gasteiger partial charge in [0.2, 0.25) is 0 Å². The van der Waals surface area contributed by atoms with E-state index in [0.29, 0.717) is 0 Å². The minimum atomic E-state index is -0.825. The van der Waals surface area contributed by atoms with Gasteiger partial charge < -0.3 is 18.9 Å². The van der Waals surface area contributed by atoms with Crippen molar-refractivity contribution in [2.75, 3.05) is 6.61 Å². The van der Waals surface area contributed by atoms with E-state index < -0.39 is 36.4 Å². The Bertz CT molecular complexity index is 669. The number of fused-ring (bicyclic) bond motifs is 2. The first-order chi connectivity index (χ1) is 11.5. The summed E-state index contributed by atoms with van der Waals surface area (Å²) in [5.41, 5.74) is 0.304. The lowest BCUT2D eigenvalue weighted by Gasteiger charge is -2.26. The highest BCUT2D eigenvalue weighted by Gasteiger charge is 2.49. The first-order valence-corrected chi connectivity index (χ1v) is 7.83. The summed E-state index contributed by atoms with van der Waals surface area (Å²) in [5, 5.41) is 0. The molecule has 0 N–H and O–H groups in total. The molecule has 0 unspecified atom stereocenters. The molecule has 3 rings (SSSR count). The standard InChI is InChI=1S/C17H18O7/c1-3-13(18)21-8-12-15-14(9(2)22-12)23-16(19)10-6-4-5-7-11(10)17(20)24-15/h4-7,9,12,14-15H,3,8H2,1-2H3/t9-,12+,14-,15+/m0/s1. The summed E-state index contributed by atoms with van der Waals surface area (Å²) in [6, 6.07) is 6.31. The normalized spacial score (nSPS) is 28.8. The summed E-state index contributed by atoms with van der Waals surface area (Å²) in [7, 11) is 0. The van der Waals surface area contributed by atoms with Crippen molar-refractivity contribution < 1.29 is 33.3 Å². The van der Waals surface area contributed by atoms with Crippen LogP contribution in [-0.2, 0) is 23.7 Å². The second-order valence-electron chi connectivity index (χ2n) is 5.70. The molecule has 0 bridgehead atoms. The average Bonchev–Trinajstić information content (AvgIpc) is 2.86. The Morgan fingerprint density at radius 3 is 2.25 bits per heavy atom. The topological polar surface area (TPSA) is 88.1 Å². The van der Waals surface area contributed by atoms with Crippen LogP contribution in [-0.4, -0.2) is 48.9 Å². The Hall–Kier alpha value is -2.41. The number of hydrogen-bond acceptors (Lipinski definition) is 7. The van der Waals surface area contributed by atoms with Gasteiger partial charge in [-0.1, -0.05) is 19.1 Å². The van der Waals surface area contributed by atoms with Gasteiger partial charge in [0.25, 0.3) is 0 Å². The van der Waals surface area contributed by atoms with Crippen molar-refractivity contribution in [2.24, 2.45) is 0 Å². The lowest BCUT2D eigenvalue weighted by molar-refractivity contribution is -0.148. The molecular weight excluding hydrogens is 316 g/mol. The molecule has 0 radical (unpaired) electrons. The second-order valence-corrected chi connectivity index (χ2v) is 5.70. The first-order valence-electron chi connectivity index (χ1n) is 7.83. The van der Waals surface area contributed by atoms with Gasteiger partial charge in [0.05, 0.1) is 17.2 Å². The van der Waals surface area contributed by atoms with Gasteiger partial charge in [0, 0.05) is 6.42 Å². The summed E-state index contributed by atoms with van der Waals surface area (Å²) in [6.45, 7) is 3.33. The minimum Gasteiger partial charge on any atom is -0.463 e. The molecule has 0 aromatic heterocycles. The van der Waals surface area contributed by atoms with Gasteiger partial charge in [-0.15, -0.1) is 0 Å². The number of carbonyl (C=O) groups is 3. The van der Waals surface area contributed by atoms with Gasteiger partial charge in [-0.25, -0.2) is 9.59 Å². The Morgan fingerprint density at radius 2 is 1.67 bits per heavy atom. The van der Waals surface area contributed by atoms with E-state index >= 15 is 0 Å². The first kappa shape index (κ1) is 16.4. The highest BCUT2D eigenvalue weighted by molar-refractivity contribution is 6.03. The van der Waals surface area contributed by atoms with Crippen molar-refractivity contribution in [1.82, 2.24) is 0 Å². The number of rotatable bonds is 3. The van der Waals surface area contributed by atoms with E-state index in [4.69, 9.17) is 18.9 Å². The van der Waals surface area contributed by atoms with Crippen LogP contribution in [0.2, 0.25) is 0 Å². The van der Waals surface area contributed by atoms with Gasteiger partial charge in [0.15, 0.2) is 12.2 Å². The quantitative estimate of drug-likeness (QED) is 0.611. The molecule has 4 atom stereocenters. The van der Waals surface area contributed by atoms with Crippen molar-refractivity contribution in [3.8, 4) is 0 Å². The third-order valence-corrected chi connectivity index (χ3v) is 4.09. The molecule has 0 saturated carbocycles. The molecule has 128 valence electrons. The maximum atomic E-state index is 12.4. The van der Waals surface area contributed by atoms with Gasteiger partial charge >= 0.3 is 17.9 Å². The van der Waals surface area contributed by atoms with Crippen LogP contribution in [0.25, 0.3) is 0 Å². The van der Waals surface area contributed by atoms with Crippen molar-refractivity contribution in [3.63, 3.8) is 0 Å². The molecular formula is C17H18O7. The summed E-state index contributed by atoms with van der Waals surface area (Å²) in [6.07, 6.45) is -2.50. The third-order valence-electron chi connectivity index (χ3n) is 4.09. The minimum absolute atomic E-state index is 0.0648. The molecule has 1 aromatic carbocycles.